The molecule has 0 aliphatic carbocycles. The molecule has 3 rings (SSSR count). The van der Waals surface area contributed by atoms with Crippen LogP contribution in [0.2, 0.25) is 0 Å². The number of ether oxygens (including phenoxy) is 1. The molecule has 0 amide bonds. The first-order valence-electron chi connectivity index (χ1n) is 8.83. The van der Waals surface area contributed by atoms with Crippen molar-refractivity contribution in [3.63, 3.8) is 0 Å². The van der Waals surface area contributed by atoms with Gasteiger partial charge in [0.1, 0.15) is 0 Å². The van der Waals surface area contributed by atoms with Crippen LogP contribution in [0.4, 0.5) is 0 Å². The average Bonchev–Trinajstić information content (AvgIpc) is 3.09. The third kappa shape index (κ3) is 8.41. The molecule has 3 aromatic rings. The number of esters is 1. The van der Waals surface area contributed by atoms with Gasteiger partial charge in [-0.3, -0.25) is 22.5 Å². The minimum atomic E-state index is -0.146. The zero-order valence-electron chi connectivity index (χ0n) is 17.1. The maximum atomic E-state index is 11.9. The van der Waals surface area contributed by atoms with E-state index in [-0.39, 0.29) is 110 Å². The smallest absolute Gasteiger partial charge is 0.306 e. The van der Waals surface area contributed by atoms with E-state index >= 15 is 0 Å². The van der Waals surface area contributed by atoms with Gasteiger partial charge in [0.2, 0.25) is 0 Å². The van der Waals surface area contributed by atoms with Crippen LogP contribution >= 0.6 is 11.3 Å². The Hall–Kier alpha value is 0.922. The predicted octanol–water partition coefficient (Wildman–Crippen LogP) is 6.04. The van der Waals surface area contributed by atoms with Crippen LogP contribution in [-0.2, 0) is 108 Å². The third-order valence-corrected chi connectivity index (χ3v) is 5.68. The molecule has 1 aromatic heterocycles. The fourth-order valence-corrected chi connectivity index (χ4v) is 4.08. The SMILES string of the molecule is CCOC(=O)CC(C)c1cc(-c2ccc(C)cc2)c(-c2[c-]c[c-]cc2)s1.[Y].[Y].[Y]. The molecular formula is C23H22O2SY3-2. The van der Waals surface area contributed by atoms with Crippen LogP contribution in [0.1, 0.15) is 36.6 Å². The second-order valence-corrected chi connectivity index (χ2v) is 7.45. The van der Waals surface area contributed by atoms with E-state index in [2.05, 4.69) is 56.3 Å². The van der Waals surface area contributed by atoms with Crippen molar-refractivity contribution in [2.75, 3.05) is 6.61 Å². The monoisotopic (exact) mass is 629 g/mol. The molecule has 2 aromatic carbocycles. The van der Waals surface area contributed by atoms with Crippen molar-refractivity contribution in [2.24, 2.45) is 0 Å². The molecule has 0 N–H and O–H groups in total. The molecule has 29 heavy (non-hydrogen) atoms. The Bertz CT molecular complexity index is 877. The zero-order valence-corrected chi connectivity index (χ0v) is 26.4. The van der Waals surface area contributed by atoms with Crippen LogP contribution in [0.3, 0.4) is 0 Å². The van der Waals surface area contributed by atoms with Gasteiger partial charge in [-0.2, -0.15) is 0 Å². The van der Waals surface area contributed by atoms with Gasteiger partial charge in [0.25, 0.3) is 0 Å². The van der Waals surface area contributed by atoms with Crippen LogP contribution in [-0.4, -0.2) is 12.6 Å². The fraction of sp³-hybridized carbons (Fsp3) is 0.261. The normalized spacial score (nSPS) is 10.7. The zero-order chi connectivity index (χ0) is 18.5. The van der Waals surface area contributed by atoms with Gasteiger partial charge in [0, 0.05) is 98.1 Å². The number of carbonyl (C=O) groups excluding carboxylic acids is 1. The standard InChI is InChI=1S/C23H22O2S.3Y/c1-4-25-22(24)14-17(3)21-15-20(18-12-10-16(2)11-13-18)23(26-21)19-8-6-5-7-9-19;;;/h6-8,10-13,15,17H,4,14H2,1-3H3;;;/q-2;;;. The second kappa shape index (κ2) is 14.9. The van der Waals surface area contributed by atoms with E-state index in [9.17, 15) is 4.79 Å². The Morgan fingerprint density at radius 3 is 2.41 bits per heavy atom. The molecule has 1 unspecified atom stereocenters. The number of carbonyl (C=O) groups is 1. The third-order valence-electron chi connectivity index (χ3n) is 4.28. The van der Waals surface area contributed by atoms with Gasteiger partial charge >= 0.3 is 5.97 Å². The van der Waals surface area contributed by atoms with Gasteiger partial charge in [-0.05, 0) is 30.2 Å². The minimum absolute atomic E-state index is 0. The molecule has 0 fully saturated rings. The van der Waals surface area contributed by atoms with Crippen LogP contribution < -0.4 is 0 Å². The molecule has 0 spiro atoms. The fourth-order valence-electron chi connectivity index (χ4n) is 2.86. The molecule has 0 aliphatic heterocycles. The van der Waals surface area contributed by atoms with Gasteiger partial charge < -0.3 is 4.74 Å². The van der Waals surface area contributed by atoms with E-state index in [1.165, 1.54) is 26.4 Å². The summed E-state index contributed by atoms with van der Waals surface area (Å²) in [5.41, 5.74) is 4.65. The first-order chi connectivity index (χ1) is 12.6. The first kappa shape index (κ1) is 29.9. The number of thiophene rings is 1. The van der Waals surface area contributed by atoms with E-state index in [4.69, 9.17) is 4.74 Å². The van der Waals surface area contributed by atoms with Crippen molar-refractivity contribution < 1.29 is 108 Å². The van der Waals surface area contributed by atoms with E-state index in [1.54, 1.807) is 11.3 Å². The largest absolute Gasteiger partial charge is 0.466 e. The molecular weight excluding hydrogens is 607 g/mol. The van der Waals surface area contributed by atoms with Crippen LogP contribution in [0.25, 0.3) is 21.6 Å². The summed E-state index contributed by atoms with van der Waals surface area (Å²) in [6, 6.07) is 22.8. The van der Waals surface area contributed by atoms with Gasteiger partial charge in [0.15, 0.2) is 0 Å². The van der Waals surface area contributed by atoms with Crippen molar-refractivity contribution in [2.45, 2.75) is 33.1 Å². The second-order valence-electron chi connectivity index (χ2n) is 6.37. The van der Waals surface area contributed by atoms with E-state index in [0.29, 0.717) is 13.0 Å². The average molecular weight is 629 g/mol. The Morgan fingerprint density at radius 1 is 1.14 bits per heavy atom. The number of rotatable bonds is 6. The Labute approximate surface area is 253 Å². The summed E-state index contributed by atoms with van der Waals surface area (Å²) in [6.07, 6.45) is 0.396. The number of hydrogen-bond donors (Lipinski definition) is 0. The molecule has 6 heteroatoms. The van der Waals surface area contributed by atoms with Gasteiger partial charge in [-0.1, -0.05) is 48.4 Å². The minimum Gasteiger partial charge on any atom is -0.466 e. The van der Waals surface area contributed by atoms with Crippen LogP contribution in [0.5, 0.6) is 0 Å². The number of aryl methyl sites for hydroxylation is 1. The first-order valence-corrected chi connectivity index (χ1v) is 9.64. The quantitative estimate of drug-likeness (QED) is 0.246. The van der Waals surface area contributed by atoms with E-state index < -0.39 is 0 Å². The summed E-state index contributed by atoms with van der Waals surface area (Å²) in [6.45, 7) is 6.43. The number of benzene rings is 2. The topological polar surface area (TPSA) is 26.3 Å². The summed E-state index contributed by atoms with van der Waals surface area (Å²) in [5, 5.41) is 0. The summed E-state index contributed by atoms with van der Waals surface area (Å²) in [5.74, 6) is -0.0278. The molecule has 0 saturated carbocycles. The van der Waals surface area contributed by atoms with Crippen LogP contribution in [0, 0.1) is 19.1 Å². The van der Waals surface area contributed by atoms with Gasteiger partial charge in [-0.25, -0.2) is 29.5 Å². The molecule has 0 aliphatic rings. The van der Waals surface area contributed by atoms with Crippen molar-refractivity contribution in [3.8, 4) is 21.6 Å². The molecule has 0 bridgehead atoms. The van der Waals surface area contributed by atoms with Crippen molar-refractivity contribution in [1.82, 2.24) is 0 Å². The van der Waals surface area contributed by atoms with Crippen molar-refractivity contribution >= 4 is 17.3 Å². The van der Waals surface area contributed by atoms with Crippen molar-refractivity contribution in [1.29, 1.82) is 0 Å². The summed E-state index contributed by atoms with van der Waals surface area (Å²) in [4.78, 5) is 14.2. The van der Waals surface area contributed by atoms with Crippen LogP contribution in [0.15, 0.2) is 48.5 Å². The molecule has 0 saturated heterocycles. The van der Waals surface area contributed by atoms with E-state index in [0.717, 1.165) is 5.56 Å². The maximum Gasteiger partial charge on any atom is 0.306 e. The van der Waals surface area contributed by atoms with Gasteiger partial charge in [-0.15, -0.1) is 4.88 Å². The Balaban J connectivity index is 0.00000261. The Kier molecular flexibility index (Phi) is 15.4. The molecule has 1 atom stereocenters. The number of hydrogen-bond acceptors (Lipinski definition) is 3. The summed E-state index contributed by atoms with van der Waals surface area (Å²) < 4.78 is 5.11. The van der Waals surface area contributed by atoms with Gasteiger partial charge in [0.05, 0.1) is 13.0 Å². The molecule has 1 heterocycles. The maximum absolute atomic E-state index is 11.9. The molecule has 143 valence electrons. The predicted molar refractivity (Wildman–Crippen MR) is 107 cm³/mol. The molecule has 3 radical (unpaired) electrons. The Morgan fingerprint density at radius 2 is 1.83 bits per heavy atom. The molecule has 2 nitrogen and oxygen atoms in total. The van der Waals surface area contributed by atoms with Crippen molar-refractivity contribution in [3.05, 3.63) is 71.1 Å². The summed E-state index contributed by atoms with van der Waals surface area (Å²) >= 11 is 1.73. The summed E-state index contributed by atoms with van der Waals surface area (Å²) in [7, 11) is 0. The van der Waals surface area contributed by atoms with E-state index in [1.807, 2.05) is 25.1 Å².